The summed E-state index contributed by atoms with van der Waals surface area (Å²) in [5.74, 6) is 1.11. The summed E-state index contributed by atoms with van der Waals surface area (Å²) in [5, 5.41) is 8.82. The predicted molar refractivity (Wildman–Crippen MR) is 129 cm³/mol. The molecular formula is C25H23Cl2N3O3. The van der Waals surface area contributed by atoms with E-state index in [0.29, 0.717) is 33.8 Å². The number of carbonyl (C=O) groups excluding carboxylic acids is 1. The molecule has 4 aromatic rings. The lowest BCUT2D eigenvalue weighted by Gasteiger charge is -2.08. The van der Waals surface area contributed by atoms with E-state index in [1.807, 2.05) is 61.9 Å². The zero-order valence-electron chi connectivity index (χ0n) is 18.5. The Balaban J connectivity index is 1.42. The molecular weight excluding hydrogens is 461 g/mol. The maximum Gasteiger partial charge on any atom is 0.291 e. The third-order valence-electron chi connectivity index (χ3n) is 5.26. The van der Waals surface area contributed by atoms with Gasteiger partial charge in [-0.3, -0.25) is 9.48 Å². The Morgan fingerprint density at radius 3 is 2.48 bits per heavy atom. The highest BCUT2D eigenvalue weighted by molar-refractivity contribution is 6.30. The SMILES string of the molecule is Cc1cc(Cl)ccc1OCc1ccc(C(=O)Nc2c(C)nn(Cc3ccc(Cl)cc3)c2C)o1. The average Bonchev–Trinajstić information content (AvgIpc) is 3.35. The van der Waals surface area contributed by atoms with Crippen LogP contribution in [0.5, 0.6) is 5.75 Å². The van der Waals surface area contributed by atoms with E-state index < -0.39 is 0 Å². The fourth-order valence-corrected chi connectivity index (χ4v) is 3.82. The average molecular weight is 484 g/mol. The van der Waals surface area contributed by atoms with Crippen molar-refractivity contribution < 1.29 is 13.9 Å². The van der Waals surface area contributed by atoms with Crippen LogP contribution in [0.25, 0.3) is 0 Å². The Morgan fingerprint density at radius 1 is 1.03 bits per heavy atom. The first-order chi connectivity index (χ1) is 15.8. The predicted octanol–water partition coefficient (Wildman–Crippen LogP) is 6.59. The quantitative estimate of drug-likeness (QED) is 0.321. The molecule has 0 spiro atoms. The smallest absolute Gasteiger partial charge is 0.291 e. The highest BCUT2D eigenvalue weighted by Crippen LogP contribution is 2.24. The Labute approximate surface area is 202 Å². The minimum Gasteiger partial charge on any atom is -0.485 e. The molecule has 6 nitrogen and oxygen atoms in total. The summed E-state index contributed by atoms with van der Waals surface area (Å²) in [5.41, 5.74) is 4.23. The van der Waals surface area contributed by atoms with Gasteiger partial charge in [0.15, 0.2) is 5.76 Å². The number of furan rings is 1. The van der Waals surface area contributed by atoms with Gasteiger partial charge in [-0.15, -0.1) is 0 Å². The highest BCUT2D eigenvalue weighted by atomic mass is 35.5. The molecule has 0 aliphatic carbocycles. The van der Waals surface area contributed by atoms with Gasteiger partial charge in [-0.05, 0) is 74.4 Å². The molecule has 2 aromatic carbocycles. The van der Waals surface area contributed by atoms with E-state index >= 15 is 0 Å². The van der Waals surface area contributed by atoms with Crippen LogP contribution in [0.1, 0.15) is 38.8 Å². The molecule has 170 valence electrons. The summed E-state index contributed by atoms with van der Waals surface area (Å²) in [6.07, 6.45) is 0. The highest BCUT2D eigenvalue weighted by Gasteiger charge is 2.18. The monoisotopic (exact) mass is 483 g/mol. The van der Waals surface area contributed by atoms with Gasteiger partial charge in [0.2, 0.25) is 0 Å². The molecule has 0 atom stereocenters. The fraction of sp³-hybridized carbons (Fsp3) is 0.200. The van der Waals surface area contributed by atoms with Crippen LogP contribution in [0.15, 0.2) is 59.0 Å². The third-order valence-corrected chi connectivity index (χ3v) is 5.75. The zero-order chi connectivity index (χ0) is 23.5. The molecule has 33 heavy (non-hydrogen) atoms. The van der Waals surface area contributed by atoms with Crippen molar-refractivity contribution in [2.75, 3.05) is 5.32 Å². The van der Waals surface area contributed by atoms with Crippen LogP contribution in [-0.2, 0) is 13.2 Å². The van der Waals surface area contributed by atoms with Gasteiger partial charge in [0.05, 0.1) is 23.6 Å². The molecule has 1 N–H and O–H groups in total. The molecule has 0 aliphatic heterocycles. The Kier molecular flexibility index (Phi) is 6.77. The minimum absolute atomic E-state index is 0.200. The third kappa shape index (κ3) is 5.41. The van der Waals surface area contributed by atoms with Crippen LogP contribution in [0.3, 0.4) is 0 Å². The lowest BCUT2D eigenvalue weighted by Crippen LogP contribution is -2.12. The van der Waals surface area contributed by atoms with Crippen molar-refractivity contribution in [2.45, 2.75) is 33.9 Å². The summed E-state index contributed by atoms with van der Waals surface area (Å²) in [7, 11) is 0. The van der Waals surface area contributed by atoms with Crippen molar-refractivity contribution >= 4 is 34.8 Å². The molecule has 2 aromatic heterocycles. The molecule has 0 saturated heterocycles. The number of ether oxygens (including phenoxy) is 1. The molecule has 4 rings (SSSR count). The number of carbonyl (C=O) groups is 1. The van der Waals surface area contributed by atoms with Crippen molar-refractivity contribution in [3.8, 4) is 5.75 Å². The fourth-order valence-electron chi connectivity index (χ4n) is 3.47. The molecule has 0 radical (unpaired) electrons. The summed E-state index contributed by atoms with van der Waals surface area (Å²) in [6.45, 7) is 6.47. The van der Waals surface area contributed by atoms with Crippen molar-refractivity contribution in [3.63, 3.8) is 0 Å². The van der Waals surface area contributed by atoms with Crippen LogP contribution in [0.2, 0.25) is 10.0 Å². The number of halogens is 2. The summed E-state index contributed by atoms with van der Waals surface area (Å²) in [6, 6.07) is 16.4. The maximum atomic E-state index is 12.8. The number of aryl methyl sites for hydroxylation is 2. The van der Waals surface area contributed by atoms with Gasteiger partial charge < -0.3 is 14.5 Å². The first-order valence-electron chi connectivity index (χ1n) is 10.4. The maximum absolute atomic E-state index is 12.8. The second-order valence-corrected chi connectivity index (χ2v) is 8.62. The topological polar surface area (TPSA) is 69.3 Å². The lowest BCUT2D eigenvalue weighted by molar-refractivity contribution is 0.0992. The minimum atomic E-state index is -0.346. The van der Waals surface area contributed by atoms with Crippen molar-refractivity contribution in [1.29, 1.82) is 0 Å². The van der Waals surface area contributed by atoms with E-state index in [1.54, 1.807) is 18.2 Å². The van der Waals surface area contributed by atoms with Crippen molar-refractivity contribution in [2.24, 2.45) is 0 Å². The van der Waals surface area contributed by atoms with Gasteiger partial charge in [-0.25, -0.2) is 0 Å². The Morgan fingerprint density at radius 2 is 1.76 bits per heavy atom. The van der Waals surface area contributed by atoms with Crippen molar-refractivity contribution in [1.82, 2.24) is 9.78 Å². The summed E-state index contributed by atoms with van der Waals surface area (Å²) < 4.78 is 13.3. The van der Waals surface area contributed by atoms with Crippen LogP contribution < -0.4 is 10.1 Å². The molecule has 0 unspecified atom stereocenters. The molecule has 0 saturated carbocycles. The number of aromatic nitrogens is 2. The van der Waals surface area contributed by atoms with Gasteiger partial charge in [0.1, 0.15) is 18.1 Å². The first-order valence-corrected chi connectivity index (χ1v) is 11.1. The van der Waals surface area contributed by atoms with Gasteiger partial charge in [-0.2, -0.15) is 5.10 Å². The molecule has 0 aliphatic rings. The largest absolute Gasteiger partial charge is 0.485 e. The molecule has 2 heterocycles. The molecule has 1 amide bonds. The summed E-state index contributed by atoms with van der Waals surface area (Å²) in [4.78, 5) is 12.8. The van der Waals surface area contributed by atoms with Gasteiger partial charge in [0, 0.05) is 10.0 Å². The number of amides is 1. The number of hydrogen-bond acceptors (Lipinski definition) is 4. The van der Waals surface area contributed by atoms with Gasteiger partial charge in [-0.1, -0.05) is 35.3 Å². The second-order valence-electron chi connectivity index (χ2n) is 7.75. The van der Waals surface area contributed by atoms with Crippen LogP contribution in [-0.4, -0.2) is 15.7 Å². The van der Waals surface area contributed by atoms with E-state index in [4.69, 9.17) is 32.4 Å². The van der Waals surface area contributed by atoms with E-state index in [9.17, 15) is 4.79 Å². The van der Waals surface area contributed by atoms with E-state index in [2.05, 4.69) is 10.4 Å². The van der Waals surface area contributed by atoms with E-state index in [1.165, 1.54) is 0 Å². The molecule has 8 heteroatoms. The number of nitrogens with one attached hydrogen (secondary N) is 1. The van der Waals surface area contributed by atoms with Crippen LogP contribution in [0, 0.1) is 20.8 Å². The number of anilines is 1. The van der Waals surface area contributed by atoms with Gasteiger partial charge in [0.25, 0.3) is 5.91 Å². The van der Waals surface area contributed by atoms with Crippen LogP contribution >= 0.6 is 23.2 Å². The van der Waals surface area contributed by atoms with E-state index in [-0.39, 0.29) is 18.3 Å². The number of nitrogens with zero attached hydrogens (tertiary/aromatic N) is 2. The first kappa shape index (κ1) is 23.0. The number of benzene rings is 2. The Bertz CT molecular complexity index is 1290. The van der Waals surface area contributed by atoms with Crippen molar-refractivity contribution in [3.05, 3.63) is 98.7 Å². The molecule has 0 bridgehead atoms. The Hall–Kier alpha value is -3.22. The lowest BCUT2D eigenvalue weighted by atomic mass is 10.2. The van der Waals surface area contributed by atoms with E-state index in [0.717, 1.165) is 22.5 Å². The molecule has 0 fully saturated rings. The standard InChI is InChI=1S/C25H23Cl2N3O3/c1-15-12-20(27)8-10-22(15)32-14-21-9-11-23(33-21)25(31)28-24-16(2)29-30(17(24)3)13-18-4-6-19(26)7-5-18/h4-12H,13-14H2,1-3H3,(H,28,31). The number of hydrogen-bond donors (Lipinski definition) is 1. The second kappa shape index (κ2) is 9.73. The zero-order valence-corrected chi connectivity index (χ0v) is 20.0. The normalized spacial score (nSPS) is 10.9. The number of rotatable bonds is 7. The van der Waals surface area contributed by atoms with Crippen LogP contribution in [0.4, 0.5) is 5.69 Å². The van der Waals surface area contributed by atoms with Gasteiger partial charge >= 0.3 is 0 Å². The summed E-state index contributed by atoms with van der Waals surface area (Å²) >= 11 is 11.9.